The molecule has 18 heavy (non-hydrogen) atoms. The molecule has 1 N–H and O–H groups in total. The smallest absolute Gasteiger partial charge is 0.0499 e. The first kappa shape index (κ1) is 11.8. The topological polar surface area (TPSA) is 15.3 Å². The minimum atomic E-state index is 0.433. The van der Waals surface area contributed by atoms with Gasteiger partial charge in [0.25, 0.3) is 0 Å². The van der Waals surface area contributed by atoms with E-state index >= 15 is 0 Å². The van der Waals surface area contributed by atoms with Gasteiger partial charge in [-0.1, -0.05) is 30.3 Å². The molecular weight excluding hydrogens is 240 g/mol. The standard InChI is InChI=1S/C15H18N2S/c1-12-9-16-15(13-5-3-2-4-6-13)10-17(12)14-7-8-18-11-14/h2-8,11-12,15-16H,9-10H2,1H3. The van der Waals surface area contributed by atoms with Crippen molar-refractivity contribution >= 4 is 17.0 Å². The zero-order chi connectivity index (χ0) is 12.4. The largest absolute Gasteiger partial charge is 0.365 e. The van der Waals surface area contributed by atoms with Crippen LogP contribution in [0.1, 0.15) is 18.5 Å². The molecule has 3 heteroatoms. The summed E-state index contributed by atoms with van der Waals surface area (Å²) >= 11 is 1.77. The Hall–Kier alpha value is -1.32. The highest BCUT2D eigenvalue weighted by molar-refractivity contribution is 7.08. The maximum atomic E-state index is 3.64. The van der Waals surface area contributed by atoms with E-state index in [1.165, 1.54) is 11.3 Å². The second kappa shape index (κ2) is 5.12. The van der Waals surface area contributed by atoms with E-state index in [-0.39, 0.29) is 0 Å². The van der Waals surface area contributed by atoms with Crippen molar-refractivity contribution in [3.8, 4) is 0 Å². The summed E-state index contributed by atoms with van der Waals surface area (Å²) in [5, 5.41) is 8.03. The molecule has 3 rings (SSSR count). The molecule has 1 aliphatic rings. The Bertz CT molecular complexity index is 480. The number of piperazine rings is 1. The summed E-state index contributed by atoms with van der Waals surface area (Å²) < 4.78 is 0. The highest BCUT2D eigenvalue weighted by Crippen LogP contribution is 2.26. The van der Waals surface area contributed by atoms with Crippen LogP contribution in [0.5, 0.6) is 0 Å². The molecule has 2 nitrogen and oxygen atoms in total. The van der Waals surface area contributed by atoms with Gasteiger partial charge in [-0.2, -0.15) is 11.3 Å². The Labute approximate surface area is 112 Å². The zero-order valence-electron chi connectivity index (χ0n) is 10.5. The molecule has 1 aliphatic heterocycles. The second-order valence-electron chi connectivity index (χ2n) is 4.85. The molecule has 94 valence electrons. The zero-order valence-corrected chi connectivity index (χ0v) is 11.4. The summed E-state index contributed by atoms with van der Waals surface area (Å²) in [5.74, 6) is 0. The van der Waals surface area contributed by atoms with E-state index in [9.17, 15) is 0 Å². The van der Waals surface area contributed by atoms with Crippen LogP contribution in [0, 0.1) is 0 Å². The average molecular weight is 258 g/mol. The SMILES string of the molecule is CC1CNC(c2ccccc2)CN1c1ccsc1. The molecule has 1 aromatic heterocycles. The fourth-order valence-electron chi connectivity index (χ4n) is 2.55. The van der Waals surface area contributed by atoms with Crippen LogP contribution in [0.3, 0.4) is 0 Å². The Morgan fingerprint density at radius 3 is 2.78 bits per heavy atom. The van der Waals surface area contributed by atoms with Crippen LogP contribution >= 0.6 is 11.3 Å². The molecule has 0 spiro atoms. The Morgan fingerprint density at radius 2 is 2.06 bits per heavy atom. The third-order valence-electron chi connectivity index (χ3n) is 3.61. The molecular formula is C15H18N2S. The molecule has 1 aromatic carbocycles. The summed E-state index contributed by atoms with van der Waals surface area (Å²) in [7, 11) is 0. The van der Waals surface area contributed by atoms with Crippen molar-refractivity contribution in [2.24, 2.45) is 0 Å². The van der Waals surface area contributed by atoms with E-state index in [0.29, 0.717) is 12.1 Å². The maximum Gasteiger partial charge on any atom is 0.0499 e. The van der Waals surface area contributed by atoms with Crippen molar-refractivity contribution in [1.82, 2.24) is 5.32 Å². The van der Waals surface area contributed by atoms with Gasteiger partial charge >= 0.3 is 0 Å². The van der Waals surface area contributed by atoms with Crippen molar-refractivity contribution in [3.05, 3.63) is 52.7 Å². The van der Waals surface area contributed by atoms with Crippen LogP contribution in [0.25, 0.3) is 0 Å². The lowest BCUT2D eigenvalue weighted by molar-refractivity contribution is 0.415. The second-order valence-corrected chi connectivity index (χ2v) is 5.63. The molecule has 2 heterocycles. The molecule has 0 bridgehead atoms. The molecule has 1 fully saturated rings. The van der Waals surface area contributed by atoms with Crippen LogP contribution in [0.4, 0.5) is 5.69 Å². The number of hydrogen-bond donors (Lipinski definition) is 1. The molecule has 0 saturated carbocycles. The monoisotopic (exact) mass is 258 g/mol. The van der Waals surface area contributed by atoms with Gasteiger partial charge in [0.15, 0.2) is 0 Å². The first-order valence-corrected chi connectivity index (χ1v) is 7.36. The van der Waals surface area contributed by atoms with Crippen LogP contribution in [-0.2, 0) is 0 Å². The number of thiophene rings is 1. The van der Waals surface area contributed by atoms with Crippen LogP contribution < -0.4 is 10.2 Å². The third kappa shape index (κ3) is 2.28. The van der Waals surface area contributed by atoms with E-state index in [4.69, 9.17) is 0 Å². The van der Waals surface area contributed by atoms with Crippen molar-refractivity contribution in [2.45, 2.75) is 19.0 Å². The third-order valence-corrected chi connectivity index (χ3v) is 4.28. The Balaban J connectivity index is 1.80. The van der Waals surface area contributed by atoms with E-state index in [1.54, 1.807) is 11.3 Å². The van der Waals surface area contributed by atoms with Gasteiger partial charge in [-0.15, -0.1) is 0 Å². The summed E-state index contributed by atoms with van der Waals surface area (Å²) in [6.45, 7) is 4.36. The number of anilines is 1. The van der Waals surface area contributed by atoms with Gasteiger partial charge in [-0.05, 0) is 23.9 Å². The summed E-state index contributed by atoms with van der Waals surface area (Å²) in [5.41, 5.74) is 2.74. The summed E-state index contributed by atoms with van der Waals surface area (Å²) in [6.07, 6.45) is 0. The lowest BCUT2D eigenvalue weighted by atomic mass is 10.0. The Kier molecular flexibility index (Phi) is 3.35. The van der Waals surface area contributed by atoms with Gasteiger partial charge < -0.3 is 10.2 Å². The molecule has 2 unspecified atom stereocenters. The van der Waals surface area contributed by atoms with E-state index < -0.39 is 0 Å². The normalized spacial score (nSPS) is 24.2. The summed E-state index contributed by atoms with van der Waals surface area (Å²) in [4.78, 5) is 2.50. The van der Waals surface area contributed by atoms with E-state index in [2.05, 4.69) is 64.3 Å². The van der Waals surface area contributed by atoms with E-state index in [1.807, 2.05) is 0 Å². The van der Waals surface area contributed by atoms with Crippen LogP contribution in [0.2, 0.25) is 0 Å². The molecule has 0 radical (unpaired) electrons. The highest BCUT2D eigenvalue weighted by atomic mass is 32.1. The van der Waals surface area contributed by atoms with Crippen molar-refractivity contribution < 1.29 is 0 Å². The van der Waals surface area contributed by atoms with Crippen molar-refractivity contribution in [3.63, 3.8) is 0 Å². The Morgan fingerprint density at radius 1 is 1.22 bits per heavy atom. The quantitative estimate of drug-likeness (QED) is 0.889. The van der Waals surface area contributed by atoms with Crippen LogP contribution in [-0.4, -0.2) is 19.1 Å². The number of nitrogens with zero attached hydrogens (tertiary/aromatic N) is 1. The minimum absolute atomic E-state index is 0.433. The first-order valence-electron chi connectivity index (χ1n) is 6.42. The fourth-order valence-corrected chi connectivity index (χ4v) is 3.20. The highest BCUT2D eigenvalue weighted by Gasteiger charge is 2.25. The lowest BCUT2D eigenvalue weighted by Gasteiger charge is -2.40. The maximum absolute atomic E-state index is 3.64. The number of hydrogen-bond acceptors (Lipinski definition) is 3. The minimum Gasteiger partial charge on any atom is -0.365 e. The number of rotatable bonds is 2. The van der Waals surface area contributed by atoms with Gasteiger partial charge in [0.1, 0.15) is 0 Å². The van der Waals surface area contributed by atoms with Gasteiger partial charge in [-0.25, -0.2) is 0 Å². The molecule has 0 amide bonds. The fraction of sp³-hybridized carbons (Fsp3) is 0.333. The average Bonchev–Trinajstić information content (AvgIpc) is 2.94. The van der Waals surface area contributed by atoms with Gasteiger partial charge in [-0.3, -0.25) is 0 Å². The van der Waals surface area contributed by atoms with Gasteiger partial charge in [0.2, 0.25) is 0 Å². The summed E-state index contributed by atoms with van der Waals surface area (Å²) in [6, 6.07) is 13.9. The first-order chi connectivity index (χ1) is 8.84. The molecule has 2 atom stereocenters. The van der Waals surface area contributed by atoms with Crippen molar-refractivity contribution in [1.29, 1.82) is 0 Å². The van der Waals surface area contributed by atoms with Crippen LogP contribution in [0.15, 0.2) is 47.2 Å². The van der Waals surface area contributed by atoms with Gasteiger partial charge in [0, 0.05) is 36.2 Å². The molecule has 1 saturated heterocycles. The van der Waals surface area contributed by atoms with Gasteiger partial charge in [0.05, 0.1) is 0 Å². The molecule has 2 aromatic rings. The predicted octanol–water partition coefficient (Wildman–Crippen LogP) is 3.29. The van der Waals surface area contributed by atoms with E-state index in [0.717, 1.165) is 13.1 Å². The number of benzene rings is 1. The predicted molar refractivity (Wildman–Crippen MR) is 78.3 cm³/mol. The lowest BCUT2D eigenvalue weighted by Crippen LogP contribution is -2.51. The number of nitrogens with one attached hydrogen (secondary N) is 1. The molecule has 0 aliphatic carbocycles. The van der Waals surface area contributed by atoms with Crippen molar-refractivity contribution in [2.75, 3.05) is 18.0 Å².